The minimum Gasteiger partial charge on any atom is -0.481 e. The Bertz CT molecular complexity index is 502. The average molecular weight is 291 g/mol. The van der Waals surface area contributed by atoms with Gasteiger partial charge in [-0.25, -0.2) is 0 Å². The maximum Gasteiger partial charge on any atom is 0.573 e. The molecule has 0 bridgehead atoms. The molecule has 0 amide bonds. The summed E-state index contributed by atoms with van der Waals surface area (Å²) in [4.78, 5) is 11.4. The Hall–Kier alpha value is -1.92. The number of aliphatic carboxylic acids is 1. The van der Waals surface area contributed by atoms with Gasteiger partial charge in [-0.2, -0.15) is 0 Å². The van der Waals surface area contributed by atoms with Crippen LogP contribution in [-0.2, 0) is 10.2 Å². The van der Waals surface area contributed by atoms with E-state index in [2.05, 4.69) is 4.74 Å². The standard InChI is InChI=1S/C13H16F3NO3/c1-3-6-12(2,11(18)19)9-7-8(4-5-10(9)17)20-13(14,15)16/h4-5,7H,3,6,17H2,1-2H3,(H,18,19). The molecule has 3 N–H and O–H groups in total. The summed E-state index contributed by atoms with van der Waals surface area (Å²) >= 11 is 0. The molecule has 1 rings (SSSR count). The molecule has 1 unspecified atom stereocenters. The summed E-state index contributed by atoms with van der Waals surface area (Å²) in [6.45, 7) is 3.22. The zero-order valence-electron chi connectivity index (χ0n) is 11.1. The van der Waals surface area contributed by atoms with E-state index in [0.717, 1.165) is 12.1 Å². The second-order valence-electron chi connectivity index (χ2n) is 4.68. The summed E-state index contributed by atoms with van der Waals surface area (Å²) < 4.78 is 40.4. The average Bonchev–Trinajstić information content (AvgIpc) is 2.29. The molecule has 0 fully saturated rings. The van der Waals surface area contributed by atoms with Gasteiger partial charge in [-0.15, -0.1) is 13.2 Å². The van der Waals surface area contributed by atoms with Crippen molar-refractivity contribution in [2.75, 3.05) is 5.73 Å². The Kier molecular flexibility index (Phi) is 4.52. The van der Waals surface area contributed by atoms with Gasteiger partial charge in [0, 0.05) is 5.69 Å². The quantitative estimate of drug-likeness (QED) is 0.816. The third-order valence-corrected chi connectivity index (χ3v) is 3.07. The fourth-order valence-electron chi connectivity index (χ4n) is 2.07. The Balaban J connectivity index is 3.28. The number of nitrogen functional groups attached to an aromatic ring is 1. The Morgan fingerprint density at radius 1 is 1.40 bits per heavy atom. The van der Waals surface area contributed by atoms with Crippen LogP contribution in [0.3, 0.4) is 0 Å². The third kappa shape index (κ3) is 3.55. The van der Waals surface area contributed by atoms with Crippen molar-refractivity contribution in [1.82, 2.24) is 0 Å². The van der Waals surface area contributed by atoms with Crippen LogP contribution in [0.4, 0.5) is 18.9 Å². The molecule has 1 atom stereocenters. The van der Waals surface area contributed by atoms with E-state index in [4.69, 9.17) is 5.73 Å². The van der Waals surface area contributed by atoms with Gasteiger partial charge >= 0.3 is 12.3 Å². The lowest BCUT2D eigenvalue weighted by molar-refractivity contribution is -0.274. The second kappa shape index (κ2) is 5.60. The highest BCUT2D eigenvalue weighted by Crippen LogP contribution is 2.36. The molecule has 0 radical (unpaired) electrons. The summed E-state index contributed by atoms with van der Waals surface area (Å²) in [5.41, 5.74) is 4.59. The van der Waals surface area contributed by atoms with E-state index in [1.165, 1.54) is 13.0 Å². The van der Waals surface area contributed by atoms with E-state index in [-0.39, 0.29) is 17.7 Å². The van der Waals surface area contributed by atoms with Crippen LogP contribution in [0, 0.1) is 0 Å². The van der Waals surface area contributed by atoms with Crippen LogP contribution in [0.15, 0.2) is 18.2 Å². The van der Waals surface area contributed by atoms with E-state index in [9.17, 15) is 23.1 Å². The minimum atomic E-state index is -4.84. The van der Waals surface area contributed by atoms with Gasteiger partial charge in [-0.3, -0.25) is 4.79 Å². The Morgan fingerprint density at radius 2 is 2.00 bits per heavy atom. The van der Waals surface area contributed by atoms with Crippen LogP contribution in [0.25, 0.3) is 0 Å². The highest BCUT2D eigenvalue weighted by atomic mass is 19.4. The topological polar surface area (TPSA) is 72.5 Å². The molecule has 0 saturated carbocycles. The SMILES string of the molecule is CCCC(C)(C(=O)O)c1cc(OC(F)(F)F)ccc1N. The zero-order valence-corrected chi connectivity index (χ0v) is 11.1. The number of anilines is 1. The van der Waals surface area contributed by atoms with Crippen LogP contribution in [0.2, 0.25) is 0 Å². The molecule has 0 aromatic heterocycles. The molecule has 0 saturated heterocycles. The van der Waals surface area contributed by atoms with Crippen molar-refractivity contribution in [3.05, 3.63) is 23.8 Å². The van der Waals surface area contributed by atoms with Crippen LogP contribution in [-0.4, -0.2) is 17.4 Å². The lowest BCUT2D eigenvalue weighted by Gasteiger charge is -2.27. The number of benzene rings is 1. The van der Waals surface area contributed by atoms with Gasteiger partial charge in [0.05, 0.1) is 5.41 Å². The summed E-state index contributed by atoms with van der Waals surface area (Å²) in [7, 11) is 0. The predicted molar refractivity (Wildman–Crippen MR) is 67.4 cm³/mol. The molecule has 1 aromatic carbocycles. The van der Waals surface area contributed by atoms with Crippen molar-refractivity contribution in [3.63, 3.8) is 0 Å². The minimum absolute atomic E-state index is 0.119. The normalized spacial score (nSPS) is 14.7. The van der Waals surface area contributed by atoms with Gasteiger partial charge in [0.25, 0.3) is 0 Å². The fourth-order valence-corrected chi connectivity index (χ4v) is 2.07. The highest BCUT2D eigenvalue weighted by molar-refractivity contribution is 5.83. The lowest BCUT2D eigenvalue weighted by atomic mass is 9.78. The van der Waals surface area contributed by atoms with E-state index in [1.54, 1.807) is 6.92 Å². The number of carbonyl (C=O) groups is 1. The fraction of sp³-hybridized carbons (Fsp3) is 0.462. The van der Waals surface area contributed by atoms with Gasteiger partial charge in [0.2, 0.25) is 0 Å². The number of carboxylic acids is 1. The lowest BCUT2D eigenvalue weighted by Crippen LogP contribution is -2.33. The molecule has 7 heteroatoms. The molecule has 4 nitrogen and oxygen atoms in total. The first-order chi connectivity index (χ1) is 9.10. The number of nitrogens with two attached hydrogens (primary N) is 1. The van der Waals surface area contributed by atoms with Crippen molar-refractivity contribution < 1.29 is 27.8 Å². The van der Waals surface area contributed by atoms with Crippen LogP contribution in [0.5, 0.6) is 5.75 Å². The van der Waals surface area contributed by atoms with Crippen molar-refractivity contribution in [2.45, 2.75) is 38.5 Å². The summed E-state index contributed by atoms with van der Waals surface area (Å²) in [6, 6.07) is 3.31. The van der Waals surface area contributed by atoms with E-state index in [0.29, 0.717) is 6.42 Å². The first-order valence-electron chi connectivity index (χ1n) is 5.99. The number of hydrogen-bond donors (Lipinski definition) is 2. The number of halogens is 3. The van der Waals surface area contributed by atoms with Crippen LogP contribution in [0.1, 0.15) is 32.3 Å². The van der Waals surface area contributed by atoms with Crippen LogP contribution >= 0.6 is 0 Å². The van der Waals surface area contributed by atoms with Gasteiger partial charge < -0.3 is 15.6 Å². The van der Waals surface area contributed by atoms with Gasteiger partial charge in [-0.05, 0) is 37.1 Å². The third-order valence-electron chi connectivity index (χ3n) is 3.07. The van der Waals surface area contributed by atoms with Crippen molar-refractivity contribution >= 4 is 11.7 Å². The zero-order chi connectivity index (χ0) is 15.6. The molecular weight excluding hydrogens is 275 g/mol. The molecule has 0 aliphatic carbocycles. The van der Waals surface area contributed by atoms with Gasteiger partial charge in [0.1, 0.15) is 5.75 Å². The van der Waals surface area contributed by atoms with E-state index in [1.807, 2.05) is 0 Å². The summed E-state index contributed by atoms with van der Waals surface area (Å²) in [5.74, 6) is -1.62. The van der Waals surface area contributed by atoms with E-state index >= 15 is 0 Å². The maximum atomic E-state index is 12.2. The molecular formula is C13H16F3NO3. The van der Waals surface area contributed by atoms with Crippen molar-refractivity contribution in [3.8, 4) is 5.75 Å². The molecule has 20 heavy (non-hydrogen) atoms. The smallest absolute Gasteiger partial charge is 0.481 e. The van der Waals surface area contributed by atoms with E-state index < -0.39 is 23.5 Å². The molecule has 1 aromatic rings. The molecule has 0 spiro atoms. The number of carboxylic acid groups (broad SMARTS) is 1. The highest BCUT2D eigenvalue weighted by Gasteiger charge is 2.37. The predicted octanol–water partition coefficient (Wildman–Crippen LogP) is 3.31. The first-order valence-corrected chi connectivity index (χ1v) is 5.99. The number of rotatable bonds is 5. The van der Waals surface area contributed by atoms with Crippen molar-refractivity contribution in [1.29, 1.82) is 0 Å². The first kappa shape index (κ1) is 16.1. The van der Waals surface area contributed by atoms with Gasteiger partial charge in [-0.1, -0.05) is 13.3 Å². The molecule has 0 heterocycles. The number of hydrogen-bond acceptors (Lipinski definition) is 3. The Morgan fingerprint density at radius 3 is 2.45 bits per heavy atom. The summed E-state index contributed by atoms with van der Waals surface area (Å²) in [5, 5.41) is 9.35. The van der Waals surface area contributed by atoms with Crippen LogP contribution < -0.4 is 10.5 Å². The largest absolute Gasteiger partial charge is 0.573 e. The maximum absolute atomic E-state index is 12.2. The molecule has 0 aliphatic rings. The second-order valence-corrected chi connectivity index (χ2v) is 4.68. The van der Waals surface area contributed by atoms with Crippen molar-refractivity contribution in [2.24, 2.45) is 0 Å². The molecule has 112 valence electrons. The summed E-state index contributed by atoms with van der Waals surface area (Å²) in [6.07, 6.45) is -4.04. The monoisotopic (exact) mass is 291 g/mol. The number of ether oxygens (including phenoxy) is 1. The number of alkyl halides is 3. The Labute approximate surface area is 114 Å². The van der Waals surface area contributed by atoms with Gasteiger partial charge in [0.15, 0.2) is 0 Å². The molecule has 0 aliphatic heterocycles.